The minimum Gasteiger partial charge on any atom is -0.358 e. The average Bonchev–Trinajstić information content (AvgIpc) is 2.95. The number of likely N-dealkylation sites (N-methyl/N-ethyl adjacent to an activating group) is 1. The maximum Gasteiger partial charge on any atom is 0.241 e. The van der Waals surface area contributed by atoms with Crippen molar-refractivity contribution in [3.05, 3.63) is 11.9 Å². The summed E-state index contributed by atoms with van der Waals surface area (Å²) in [5, 5.41) is 10.5. The zero-order valence-electron chi connectivity index (χ0n) is 10.6. The van der Waals surface area contributed by atoms with Crippen LogP contribution in [0.1, 0.15) is 31.5 Å². The van der Waals surface area contributed by atoms with Crippen LogP contribution in [-0.4, -0.2) is 45.3 Å². The second-order valence-corrected chi connectivity index (χ2v) is 4.38. The number of hydrogen-bond donors (Lipinski definition) is 1. The molecule has 1 aromatic rings. The number of carbonyl (C=O) groups excluding carboxylic acids is 2. The first-order valence-corrected chi connectivity index (χ1v) is 5.99. The van der Waals surface area contributed by atoms with Crippen LogP contribution in [0.4, 0.5) is 0 Å². The smallest absolute Gasteiger partial charge is 0.241 e. The van der Waals surface area contributed by atoms with Crippen LogP contribution in [0.5, 0.6) is 0 Å². The molecule has 1 fully saturated rings. The van der Waals surface area contributed by atoms with Crippen molar-refractivity contribution in [1.29, 1.82) is 0 Å². The molecule has 0 spiro atoms. The lowest BCUT2D eigenvalue weighted by Crippen LogP contribution is -2.28. The van der Waals surface area contributed by atoms with Crippen LogP contribution in [0, 0.1) is 0 Å². The normalized spacial score (nSPS) is 19.0. The van der Waals surface area contributed by atoms with Gasteiger partial charge in [0.25, 0.3) is 0 Å². The molecule has 0 radical (unpaired) electrons. The summed E-state index contributed by atoms with van der Waals surface area (Å²) in [7, 11) is 1.58. The van der Waals surface area contributed by atoms with Crippen LogP contribution in [0.15, 0.2) is 6.20 Å². The van der Waals surface area contributed by atoms with Crippen molar-refractivity contribution in [3.8, 4) is 0 Å². The lowest BCUT2D eigenvalue weighted by molar-refractivity contribution is -0.129. The second-order valence-electron chi connectivity index (χ2n) is 4.38. The third-order valence-electron chi connectivity index (χ3n) is 3.14. The second kappa shape index (κ2) is 5.16. The summed E-state index contributed by atoms with van der Waals surface area (Å²) in [6.45, 7) is 2.48. The minimum atomic E-state index is -0.124. The molecular formula is C11H17N5O2. The van der Waals surface area contributed by atoms with Gasteiger partial charge in [-0.1, -0.05) is 5.21 Å². The van der Waals surface area contributed by atoms with Crippen molar-refractivity contribution in [2.45, 2.75) is 32.4 Å². The van der Waals surface area contributed by atoms with Gasteiger partial charge in [0.05, 0.1) is 12.2 Å². The molecule has 1 saturated heterocycles. The van der Waals surface area contributed by atoms with Gasteiger partial charge in [-0.25, -0.2) is 4.68 Å². The highest BCUT2D eigenvalue weighted by atomic mass is 16.2. The average molecular weight is 251 g/mol. The fourth-order valence-corrected chi connectivity index (χ4v) is 2.22. The van der Waals surface area contributed by atoms with Gasteiger partial charge in [0.2, 0.25) is 11.8 Å². The van der Waals surface area contributed by atoms with Gasteiger partial charge < -0.3 is 10.2 Å². The summed E-state index contributed by atoms with van der Waals surface area (Å²) in [5.41, 5.74) is 0.756. The number of aromatic nitrogens is 3. The van der Waals surface area contributed by atoms with E-state index in [2.05, 4.69) is 15.6 Å². The Morgan fingerprint density at radius 1 is 1.56 bits per heavy atom. The molecule has 0 saturated carbocycles. The van der Waals surface area contributed by atoms with Crippen LogP contribution in [0.3, 0.4) is 0 Å². The first-order valence-electron chi connectivity index (χ1n) is 5.99. The fraction of sp³-hybridized carbons (Fsp3) is 0.636. The lowest BCUT2D eigenvalue weighted by Gasteiger charge is -2.20. The Kier molecular flexibility index (Phi) is 3.59. The molecule has 1 aliphatic rings. The zero-order chi connectivity index (χ0) is 13.1. The van der Waals surface area contributed by atoms with Gasteiger partial charge in [0.1, 0.15) is 12.2 Å². The van der Waals surface area contributed by atoms with Crippen LogP contribution >= 0.6 is 0 Å². The number of likely N-dealkylation sites (tertiary alicyclic amines) is 1. The molecule has 0 bridgehead atoms. The lowest BCUT2D eigenvalue weighted by atomic mass is 10.1. The van der Waals surface area contributed by atoms with Crippen molar-refractivity contribution in [3.63, 3.8) is 0 Å². The van der Waals surface area contributed by atoms with Crippen LogP contribution in [0.2, 0.25) is 0 Å². The molecule has 1 N–H and O–H groups in total. The monoisotopic (exact) mass is 251 g/mol. The number of carbonyl (C=O) groups is 2. The quantitative estimate of drug-likeness (QED) is 0.800. The number of rotatable bonds is 3. The number of hydrogen-bond acceptors (Lipinski definition) is 4. The standard InChI is InChI=1S/C11H17N5O2/c1-8(17)16-5-3-4-10(16)9-6-15(14-13-9)7-11(18)12-2/h6,10H,3-5,7H2,1-2H3,(H,12,18)/t10-/m0/s1. The Hall–Kier alpha value is -1.92. The molecule has 1 aromatic heterocycles. The highest BCUT2D eigenvalue weighted by molar-refractivity contribution is 5.75. The molecule has 1 aliphatic heterocycles. The Morgan fingerprint density at radius 3 is 3.00 bits per heavy atom. The molecule has 2 heterocycles. The summed E-state index contributed by atoms with van der Waals surface area (Å²) in [4.78, 5) is 24.5. The molecular weight excluding hydrogens is 234 g/mol. The summed E-state index contributed by atoms with van der Waals surface area (Å²) in [6.07, 6.45) is 3.62. The highest BCUT2D eigenvalue weighted by Gasteiger charge is 2.30. The predicted molar refractivity (Wildman–Crippen MR) is 63.5 cm³/mol. The minimum absolute atomic E-state index is 0.000868. The molecule has 0 unspecified atom stereocenters. The van der Waals surface area contributed by atoms with Crippen molar-refractivity contribution in [2.24, 2.45) is 0 Å². The van der Waals surface area contributed by atoms with Gasteiger partial charge >= 0.3 is 0 Å². The van der Waals surface area contributed by atoms with E-state index >= 15 is 0 Å². The number of nitrogens with one attached hydrogen (secondary N) is 1. The molecule has 2 rings (SSSR count). The van der Waals surface area contributed by atoms with Crippen LogP contribution in [-0.2, 0) is 16.1 Å². The molecule has 0 aliphatic carbocycles. The molecule has 7 heteroatoms. The number of nitrogens with zero attached hydrogens (tertiary/aromatic N) is 4. The van der Waals surface area contributed by atoms with Crippen LogP contribution < -0.4 is 5.32 Å². The van der Waals surface area contributed by atoms with Crippen LogP contribution in [0.25, 0.3) is 0 Å². The van der Waals surface area contributed by atoms with E-state index in [1.165, 1.54) is 4.68 Å². The SMILES string of the molecule is CNC(=O)Cn1cc([C@@H]2CCCN2C(C)=O)nn1. The predicted octanol–water partition coefficient (Wildman–Crippen LogP) is -0.293. The summed E-state index contributed by atoms with van der Waals surface area (Å²) >= 11 is 0. The highest BCUT2D eigenvalue weighted by Crippen LogP contribution is 2.30. The molecule has 7 nitrogen and oxygen atoms in total. The Balaban J connectivity index is 2.09. The van der Waals surface area contributed by atoms with Gasteiger partial charge in [0.15, 0.2) is 0 Å². The van der Waals surface area contributed by atoms with Crippen molar-refractivity contribution in [2.75, 3.05) is 13.6 Å². The first-order chi connectivity index (χ1) is 8.61. The summed E-state index contributed by atoms with van der Waals surface area (Å²) in [6, 6.07) is 0.000868. The fourth-order valence-electron chi connectivity index (χ4n) is 2.22. The van der Waals surface area contributed by atoms with E-state index in [1.807, 2.05) is 0 Å². The first kappa shape index (κ1) is 12.5. The van der Waals surface area contributed by atoms with Gasteiger partial charge in [-0.3, -0.25) is 9.59 Å². The number of amides is 2. The van der Waals surface area contributed by atoms with Crippen molar-refractivity contribution in [1.82, 2.24) is 25.2 Å². The largest absolute Gasteiger partial charge is 0.358 e. The molecule has 98 valence electrons. The Morgan fingerprint density at radius 2 is 2.33 bits per heavy atom. The third kappa shape index (κ3) is 2.49. The van der Waals surface area contributed by atoms with Crippen molar-refractivity contribution >= 4 is 11.8 Å². The maximum absolute atomic E-state index is 11.5. The van der Waals surface area contributed by atoms with E-state index in [9.17, 15) is 9.59 Å². The molecule has 18 heavy (non-hydrogen) atoms. The van der Waals surface area contributed by atoms with E-state index in [0.29, 0.717) is 0 Å². The van der Waals surface area contributed by atoms with E-state index < -0.39 is 0 Å². The summed E-state index contributed by atoms with van der Waals surface area (Å²) in [5.74, 6) is -0.0698. The Bertz CT molecular complexity index is 456. The van der Waals surface area contributed by atoms with Gasteiger partial charge in [-0.15, -0.1) is 5.10 Å². The van der Waals surface area contributed by atoms with Gasteiger partial charge in [-0.05, 0) is 12.8 Å². The van der Waals surface area contributed by atoms with E-state index in [0.717, 1.165) is 25.1 Å². The zero-order valence-corrected chi connectivity index (χ0v) is 10.6. The topological polar surface area (TPSA) is 80.1 Å². The maximum atomic E-state index is 11.5. The molecule has 2 amide bonds. The van der Waals surface area contributed by atoms with Crippen molar-refractivity contribution < 1.29 is 9.59 Å². The van der Waals surface area contributed by atoms with Gasteiger partial charge in [-0.2, -0.15) is 0 Å². The molecule has 0 aromatic carbocycles. The van der Waals surface area contributed by atoms with E-state index in [1.54, 1.807) is 25.1 Å². The summed E-state index contributed by atoms with van der Waals surface area (Å²) < 4.78 is 1.49. The van der Waals surface area contributed by atoms with E-state index in [-0.39, 0.29) is 24.4 Å². The van der Waals surface area contributed by atoms with Gasteiger partial charge in [0, 0.05) is 20.5 Å². The Labute approximate surface area is 105 Å². The van der Waals surface area contributed by atoms with E-state index in [4.69, 9.17) is 0 Å². The molecule has 1 atom stereocenters. The third-order valence-corrected chi connectivity index (χ3v) is 3.14.